The first-order valence-corrected chi connectivity index (χ1v) is 14.4. The summed E-state index contributed by atoms with van der Waals surface area (Å²) in [5.41, 5.74) is 2.22. The number of rotatable bonds is 8. The number of hydroxylamine groups is 2. The highest BCUT2D eigenvalue weighted by molar-refractivity contribution is 14.1. The van der Waals surface area contributed by atoms with Crippen LogP contribution in [-0.4, -0.2) is 22.8 Å². The number of nitrogens with zero attached hydrogens (tertiary/aromatic N) is 1. The van der Waals surface area contributed by atoms with Gasteiger partial charge in [-0.3, -0.25) is 9.59 Å². The van der Waals surface area contributed by atoms with Gasteiger partial charge in [0.2, 0.25) is 0 Å². The van der Waals surface area contributed by atoms with Crippen molar-refractivity contribution in [2.75, 3.05) is 0 Å². The van der Waals surface area contributed by atoms with Gasteiger partial charge in [-0.2, -0.15) is 0 Å². The number of benzene rings is 3. The Balaban J connectivity index is 1.64. The molecular weight excluding hydrogens is 771 g/mol. The van der Waals surface area contributed by atoms with Crippen molar-refractivity contribution in [1.29, 1.82) is 0 Å². The zero-order chi connectivity index (χ0) is 24.4. The van der Waals surface area contributed by atoms with Gasteiger partial charge in [-0.1, -0.05) is 55.9 Å². The molecule has 2 amide bonds. The van der Waals surface area contributed by atoms with Crippen molar-refractivity contribution in [3.05, 3.63) is 75.4 Å². The lowest BCUT2D eigenvalue weighted by Crippen LogP contribution is -2.42. The molecule has 4 rings (SSSR count). The average molecular weight is 793 g/mol. The summed E-state index contributed by atoms with van der Waals surface area (Å²) < 4.78 is 2.30. The number of hydrogen-bond acceptors (Lipinski definition) is 4. The van der Waals surface area contributed by atoms with Crippen LogP contribution in [0.3, 0.4) is 0 Å². The molecule has 0 radical (unpaired) electrons. The van der Waals surface area contributed by atoms with Gasteiger partial charge in [0.15, 0.2) is 0 Å². The minimum atomic E-state index is -0.728. The maximum Gasteiger partial charge on any atom is 0.366 e. The Kier molecular flexibility index (Phi) is 8.49. The van der Waals surface area contributed by atoms with E-state index in [1.54, 1.807) is 18.2 Å². The fourth-order valence-electron chi connectivity index (χ4n) is 4.20. The van der Waals surface area contributed by atoms with Gasteiger partial charge in [-0.05, 0) is 116 Å². The Bertz CT molecular complexity index is 1280. The van der Waals surface area contributed by atoms with Crippen molar-refractivity contribution < 1.29 is 19.2 Å². The van der Waals surface area contributed by atoms with Gasteiger partial charge >= 0.3 is 5.97 Å². The van der Waals surface area contributed by atoms with Crippen LogP contribution < -0.4 is 0 Å². The maximum atomic E-state index is 13.3. The molecule has 8 heteroatoms. The number of carbonyl (C=O) groups excluding carboxylic acids is 3. The molecule has 1 aliphatic heterocycles. The van der Waals surface area contributed by atoms with E-state index in [4.69, 9.17) is 4.84 Å². The molecule has 1 heterocycles. The lowest BCUT2D eigenvalue weighted by molar-refractivity contribution is -0.0622. The highest BCUT2D eigenvalue weighted by atomic mass is 127. The minimum absolute atomic E-state index is 0.344. The fourth-order valence-corrected chi connectivity index (χ4v) is 6.52. The molecule has 3 aromatic rings. The fraction of sp³-hybridized carbons (Fsp3) is 0.269. The lowest BCUT2D eigenvalue weighted by atomic mass is 9.90. The number of aryl methyl sites for hydroxylation is 1. The van der Waals surface area contributed by atoms with Crippen molar-refractivity contribution in [3.8, 4) is 0 Å². The van der Waals surface area contributed by atoms with Crippen molar-refractivity contribution in [1.82, 2.24) is 5.06 Å². The van der Waals surface area contributed by atoms with Gasteiger partial charge in [-0.25, -0.2) is 4.79 Å². The van der Waals surface area contributed by atoms with Gasteiger partial charge in [0, 0.05) is 16.1 Å². The SMILES string of the molecule is CCCCCCCc1ccc2c3c(cccc13)C(=O)N(OC(=O)c1c(I)ccc(I)c1I)C2=O. The van der Waals surface area contributed by atoms with Gasteiger partial charge in [0.05, 0.1) is 16.7 Å². The maximum absolute atomic E-state index is 13.3. The molecule has 0 bridgehead atoms. The van der Waals surface area contributed by atoms with E-state index in [2.05, 4.69) is 74.7 Å². The van der Waals surface area contributed by atoms with E-state index in [0.29, 0.717) is 30.7 Å². The van der Waals surface area contributed by atoms with Gasteiger partial charge < -0.3 is 4.84 Å². The second-order valence-corrected chi connectivity index (χ2v) is 11.6. The van der Waals surface area contributed by atoms with E-state index in [1.165, 1.54) is 19.3 Å². The highest BCUT2D eigenvalue weighted by Crippen LogP contribution is 2.34. The lowest BCUT2D eigenvalue weighted by Gasteiger charge is -2.26. The van der Waals surface area contributed by atoms with Crippen LogP contribution in [0.5, 0.6) is 0 Å². The summed E-state index contributed by atoms with van der Waals surface area (Å²) in [7, 11) is 0. The van der Waals surface area contributed by atoms with Crippen LogP contribution in [0, 0.1) is 10.7 Å². The molecule has 0 saturated heterocycles. The number of amides is 2. The van der Waals surface area contributed by atoms with Crippen LogP contribution in [0.2, 0.25) is 0 Å². The Hall–Kier alpha value is -1.28. The molecule has 0 aromatic heterocycles. The molecule has 1 aliphatic rings. The highest BCUT2D eigenvalue weighted by Gasteiger charge is 2.37. The molecule has 176 valence electrons. The van der Waals surface area contributed by atoms with Crippen LogP contribution in [0.1, 0.15) is 75.7 Å². The topological polar surface area (TPSA) is 63.7 Å². The monoisotopic (exact) mass is 793 g/mol. The van der Waals surface area contributed by atoms with E-state index in [0.717, 1.165) is 37.4 Å². The van der Waals surface area contributed by atoms with Crippen molar-refractivity contribution in [2.45, 2.75) is 45.4 Å². The molecule has 34 heavy (non-hydrogen) atoms. The molecule has 5 nitrogen and oxygen atoms in total. The Morgan fingerprint density at radius 3 is 2.26 bits per heavy atom. The van der Waals surface area contributed by atoms with Crippen molar-refractivity contribution >= 4 is 96.3 Å². The summed E-state index contributed by atoms with van der Waals surface area (Å²) in [4.78, 5) is 45.0. The van der Waals surface area contributed by atoms with E-state index >= 15 is 0 Å². The molecular formula is C26H22I3NO4. The van der Waals surface area contributed by atoms with Crippen LogP contribution in [0.15, 0.2) is 42.5 Å². The summed E-state index contributed by atoms with van der Waals surface area (Å²) >= 11 is 6.26. The molecule has 0 aliphatic carbocycles. The Labute approximate surface area is 239 Å². The van der Waals surface area contributed by atoms with E-state index in [-0.39, 0.29) is 0 Å². The smallest absolute Gasteiger partial charge is 0.324 e. The molecule has 0 unspecified atom stereocenters. The normalized spacial score (nSPS) is 13.0. The number of hydrogen-bond donors (Lipinski definition) is 0. The number of carbonyl (C=O) groups is 3. The predicted molar refractivity (Wildman–Crippen MR) is 157 cm³/mol. The number of imide groups is 1. The van der Waals surface area contributed by atoms with Gasteiger partial charge in [0.1, 0.15) is 0 Å². The number of halogens is 3. The third-order valence-electron chi connectivity index (χ3n) is 5.93. The summed E-state index contributed by atoms with van der Waals surface area (Å²) in [6, 6.07) is 12.9. The summed E-state index contributed by atoms with van der Waals surface area (Å²) in [5.74, 6) is -1.97. The predicted octanol–water partition coefficient (Wildman–Crippen LogP) is 7.53. The summed E-state index contributed by atoms with van der Waals surface area (Å²) in [5, 5.41) is 2.17. The van der Waals surface area contributed by atoms with Gasteiger partial charge in [-0.15, -0.1) is 0 Å². The molecule has 3 aromatic carbocycles. The zero-order valence-corrected chi connectivity index (χ0v) is 25.0. The molecule has 0 atom stereocenters. The Morgan fingerprint density at radius 2 is 1.53 bits per heavy atom. The third kappa shape index (κ3) is 4.99. The quantitative estimate of drug-likeness (QED) is 0.103. The number of unbranched alkanes of at least 4 members (excludes halogenated alkanes) is 4. The first-order chi connectivity index (χ1) is 16.3. The average Bonchev–Trinajstić information content (AvgIpc) is 2.83. The first kappa shape index (κ1) is 25.8. The standard InChI is InChI=1S/C26H22I3NO4/c1-2-3-4-5-6-8-15-11-12-18-21-16(15)9-7-10-17(21)24(31)30(25(18)32)34-26(33)22-19(27)13-14-20(28)23(22)29/h7,9-14H,2-6,8H2,1H3. The van der Waals surface area contributed by atoms with E-state index in [9.17, 15) is 14.4 Å². The molecule has 0 N–H and O–H groups in total. The zero-order valence-electron chi connectivity index (χ0n) is 18.5. The van der Waals surface area contributed by atoms with Crippen LogP contribution >= 0.6 is 67.8 Å². The molecule has 0 fully saturated rings. The largest absolute Gasteiger partial charge is 0.366 e. The van der Waals surface area contributed by atoms with Crippen LogP contribution in [-0.2, 0) is 11.3 Å². The van der Waals surface area contributed by atoms with Crippen LogP contribution in [0.4, 0.5) is 0 Å². The minimum Gasteiger partial charge on any atom is -0.324 e. The van der Waals surface area contributed by atoms with E-state index < -0.39 is 17.8 Å². The van der Waals surface area contributed by atoms with Crippen molar-refractivity contribution in [2.24, 2.45) is 0 Å². The summed E-state index contributed by atoms with van der Waals surface area (Å²) in [6.45, 7) is 2.20. The van der Waals surface area contributed by atoms with Gasteiger partial charge in [0.25, 0.3) is 11.8 Å². The third-order valence-corrected chi connectivity index (χ3v) is 9.88. The second kappa shape index (κ2) is 11.2. The first-order valence-electron chi connectivity index (χ1n) is 11.1. The van der Waals surface area contributed by atoms with Crippen molar-refractivity contribution in [3.63, 3.8) is 0 Å². The second-order valence-electron chi connectivity index (χ2n) is 8.17. The Morgan fingerprint density at radius 1 is 0.853 bits per heavy atom. The molecule has 0 spiro atoms. The van der Waals surface area contributed by atoms with Crippen LogP contribution in [0.25, 0.3) is 10.8 Å². The summed E-state index contributed by atoms with van der Waals surface area (Å²) in [6.07, 6.45) is 6.78. The molecule has 0 saturated carbocycles. The van der Waals surface area contributed by atoms with E-state index in [1.807, 2.05) is 24.3 Å².